The van der Waals surface area contributed by atoms with Crippen LogP contribution >= 0.6 is 0 Å². The Morgan fingerprint density at radius 1 is 1.10 bits per heavy atom. The topological polar surface area (TPSA) is 133 Å². The molecule has 1 unspecified atom stereocenters. The summed E-state index contributed by atoms with van der Waals surface area (Å²) < 4.78 is 5.26. The molecule has 1 aromatic heterocycles. The summed E-state index contributed by atoms with van der Waals surface area (Å²) in [5.41, 5.74) is 0.699. The van der Waals surface area contributed by atoms with Crippen molar-refractivity contribution in [2.75, 3.05) is 7.11 Å². The quantitative estimate of drug-likeness (QED) is 0.459. The van der Waals surface area contributed by atoms with Gasteiger partial charge < -0.3 is 25.0 Å². The Hall–Kier alpha value is -3.65. The number of ether oxygens (including phenoxy) is 1. The van der Waals surface area contributed by atoms with E-state index in [0.717, 1.165) is 40.6 Å². The molecule has 0 amide bonds. The molecule has 3 aromatic rings. The molecule has 1 saturated carbocycles. The highest BCUT2D eigenvalue weighted by Crippen LogP contribution is 2.49. The highest BCUT2D eigenvalue weighted by atomic mass is 16.5. The van der Waals surface area contributed by atoms with Gasteiger partial charge in [-0.25, -0.2) is 14.6 Å². The summed E-state index contributed by atoms with van der Waals surface area (Å²) in [6.45, 7) is 0. The van der Waals surface area contributed by atoms with E-state index in [9.17, 15) is 14.7 Å². The van der Waals surface area contributed by atoms with Gasteiger partial charge >= 0.3 is 11.9 Å². The molecule has 0 radical (unpaired) electrons. The van der Waals surface area contributed by atoms with Gasteiger partial charge in [0.25, 0.3) is 0 Å². The molecular weight excluding hydrogens is 388 g/mol. The van der Waals surface area contributed by atoms with E-state index in [0.29, 0.717) is 12.2 Å². The summed E-state index contributed by atoms with van der Waals surface area (Å²) in [4.78, 5) is 26.3. The highest BCUT2D eigenvalue weighted by Gasteiger charge is 2.47. The van der Waals surface area contributed by atoms with Crippen LogP contribution in [0.15, 0.2) is 61.1 Å². The molecule has 8 nitrogen and oxygen atoms in total. The van der Waals surface area contributed by atoms with Crippen LogP contribution in [0.25, 0.3) is 10.8 Å². The number of methoxy groups -OCH3 is 1. The molecule has 8 heteroatoms. The molecule has 0 bridgehead atoms. The number of nitrogens with one attached hydrogen (secondary N) is 1. The van der Waals surface area contributed by atoms with Crippen molar-refractivity contribution in [3.63, 3.8) is 0 Å². The molecule has 0 aliphatic heterocycles. The largest absolute Gasteiger partial charge is 0.497 e. The number of imidazole rings is 1. The maximum atomic E-state index is 11.3. The zero-order valence-corrected chi connectivity index (χ0v) is 16.3. The summed E-state index contributed by atoms with van der Waals surface area (Å²) in [6.07, 6.45) is 6.53. The second kappa shape index (κ2) is 8.79. The van der Waals surface area contributed by atoms with E-state index in [1.165, 1.54) is 0 Å². The van der Waals surface area contributed by atoms with Crippen molar-refractivity contribution in [1.82, 2.24) is 9.97 Å². The Labute approximate surface area is 172 Å². The van der Waals surface area contributed by atoms with Gasteiger partial charge in [0.05, 0.1) is 25.3 Å². The molecule has 1 aliphatic rings. The van der Waals surface area contributed by atoms with Crippen LogP contribution in [0.4, 0.5) is 0 Å². The van der Waals surface area contributed by atoms with E-state index in [1.807, 2.05) is 30.3 Å². The van der Waals surface area contributed by atoms with Crippen molar-refractivity contribution >= 4 is 22.7 Å². The predicted molar refractivity (Wildman–Crippen MR) is 109 cm³/mol. The number of hydrogen-bond acceptors (Lipinski definition) is 5. The van der Waals surface area contributed by atoms with E-state index >= 15 is 0 Å². The molecule has 1 fully saturated rings. The second-order valence-corrected chi connectivity index (χ2v) is 6.94. The van der Waals surface area contributed by atoms with Crippen LogP contribution in [0.3, 0.4) is 0 Å². The van der Waals surface area contributed by atoms with Crippen molar-refractivity contribution in [3.05, 3.63) is 72.3 Å². The van der Waals surface area contributed by atoms with Crippen LogP contribution in [0, 0.1) is 5.92 Å². The van der Waals surface area contributed by atoms with Gasteiger partial charge in [0, 0.05) is 12.2 Å². The number of rotatable bonds is 6. The molecule has 2 aromatic carbocycles. The van der Waals surface area contributed by atoms with E-state index < -0.39 is 17.5 Å². The third kappa shape index (κ3) is 4.66. The first-order chi connectivity index (χ1) is 14.3. The van der Waals surface area contributed by atoms with Gasteiger partial charge in [0.2, 0.25) is 0 Å². The lowest BCUT2D eigenvalue weighted by molar-refractivity contribution is -0.134. The third-order valence-electron chi connectivity index (χ3n) is 4.93. The number of nitrogens with zero attached hydrogens (tertiary/aromatic N) is 1. The van der Waals surface area contributed by atoms with Crippen molar-refractivity contribution in [1.29, 1.82) is 0 Å². The van der Waals surface area contributed by atoms with Gasteiger partial charge in [-0.05, 0) is 53.3 Å². The maximum Gasteiger partial charge on any atom is 0.328 e. The van der Waals surface area contributed by atoms with E-state index in [2.05, 4.69) is 16.0 Å². The lowest BCUT2D eigenvalue weighted by Crippen LogP contribution is -2.30. The van der Waals surface area contributed by atoms with Gasteiger partial charge in [-0.1, -0.05) is 18.2 Å². The minimum atomic E-state index is -1.26. The average molecular weight is 410 g/mol. The zero-order valence-electron chi connectivity index (χ0n) is 16.3. The lowest BCUT2D eigenvalue weighted by atomic mass is 9.85. The van der Waals surface area contributed by atoms with E-state index in [1.54, 1.807) is 19.6 Å². The first kappa shape index (κ1) is 21.1. The van der Waals surface area contributed by atoms with Crippen molar-refractivity contribution < 1.29 is 29.6 Å². The van der Waals surface area contributed by atoms with Crippen LogP contribution in [0.5, 0.6) is 5.75 Å². The molecule has 30 heavy (non-hydrogen) atoms. The minimum absolute atomic E-state index is 0.253. The first-order valence-corrected chi connectivity index (χ1v) is 9.28. The number of fused-ring (bicyclic) bond motifs is 1. The normalized spacial score (nSPS) is 15.3. The molecular formula is C22H22N2O6. The number of carboxylic acid groups (broad SMARTS) is 2. The van der Waals surface area contributed by atoms with Crippen molar-refractivity contribution in [3.8, 4) is 5.75 Å². The Morgan fingerprint density at radius 2 is 1.73 bits per heavy atom. The molecule has 1 heterocycles. The third-order valence-corrected chi connectivity index (χ3v) is 4.93. The number of H-pyrrole nitrogens is 1. The fourth-order valence-corrected chi connectivity index (χ4v) is 3.31. The molecule has 1 aliphatic carbocycles. The smallest absolute Gasteiger partial charge is 0.328 e. The second-order valence-electron chi connectivity index (χ2n) is 6.94. The van der Waals surface area contributed by atoms with Gasteiger partial charge in [-0.2, -0.15) is 0 Å². The van der Waals surface area contributed by atoms with Crippen LogP contribution in [0.2, 0.25) is 0 Å². The van der Waals surface area contributed by atoms with Crippen LogP contribution in [-0.4, -0.2) is 44.3 Å². The van der Waals surface area contributed by atoms with Crippen LogP contribution in [0.1, 0.15) is 24.1 Å². The average Bonchev–Trinajstić information content (AvgIpc) is 3.45. The molecule has 156 valence electrons. The number of aliphatic carboxylic acids is 2. The predicted octanol–water partition coefficient (Wildman–Crippen LogP) is 2.93. The fourth-order valence-electron chi connectivity index (χ4n) is 3.31. The maximum absolute atomic E-state index is 11.3. The SMILES string of the molecule is COc1ccc2cc(C(O)(c3cnc[nH]3)C3CC3)ccc2c1.O=C(O)C=CC(=O)O. The summed E-state index contributed by atoms with van der Waals surface area (Å²) >= 11 is 0. The van der Waals surface area contributed by atoms with E-state index in [4.69, 9.17) is 14.9 Å². The van der Waals surface area contributed by atoms with Gasteiger partial charge in [0.15, 0.2) is 0 Å². The Balaban J connectivity index is 0.000000275. The number of benzene rings is 2. The van der Waals surface area contributed by atoms with E-state index in [-0.39, 0.29) is 5.92 Å². The Morgan fingerprint density at radius 3 is 2.27 bits per heavy atom. The van der Waals surface area contributed by atoms with Gasteiger partial charge in [-0.15, -0.1) is 0 Å². The first-order valence-electron chi connectivity index (χ1n) is 9.28. The number of carboxylic acids is 2. The number of carbonyl (C=O) groups is 2. The molecule has 1 atom stereocenters. The fraction of sp³-hybridized carbons (Fsp3) is 0.227. The standard InChI is InChI=1S/C18H18N2O2.C4H4O4/c1-22-16-7-3-12-8-15(4-2-13(12)9-16)18(21,14-5-6-14)17-10-19-11-20-17;5-3(6)1-2-4(7)8/h2-4,7-11,14,21H,5-6H2,1H3,(H,19,20);1-2H,(H,5,6)(H,7,8). The monoisotopic (exact) mass is 410 g/mol. The molecule has 0 saturated heterocycles. The minimum Gasteiger partial charge on any atom is -0.497 e. The summed E-state index contributed by atoms with van der Waals surface area (Å²) in [5, 5.41) is 29.2. The van der Waals surface area contributed by atoms with Gasteiger partial charge in [-0.3, -0.25) is 0 Å². The zero-order chi connectivity index (χ0) is 21.7. The molecule has 0 spiro atoms. The van der Waals surface area contributed by atoms with Crippen LogP contribution < -0.4 is 4.74 Å². The number of hydrogen-bond donors (Lipinski definition) is 4. The summed E-state index contributed by atoms with van der Waals surface area (Å²) in [7, 11) is 1.67. The summed E-state index contributed by atoms with van der Waals surface area (Å²) in [5.74, 6) is -1.42. The number of aromatic nitrogens is 2. The highest BCUT2D eigenvalue weighted by molar-refractivity contribution is 5.89. The van der Waals surface area contributed by atoms with Gasteiger partial charge in [0.1, 0.15) is 11.4 Å². The number of aromatic amines is 1. The summed E-state index contributed by atoms with van der Waals surface area (Å²) in [6, 6.07) is 12.1. The number of aliphatic hydroxyl groups is 1. The van der Waals surface area contributed by atoms with Crippen molar-refractivity contribution in [2.45, 2.75) is 18.4 Å². The Bertz CT molecular complexity index is 1060. The lowest BCUT2D eigenvalue weighted by Gasteiger charge is -2.28. The Kier molecular flexibility index (Phi) is 6.17. The van der Waals surface area contributed by atoms with Crippen molar-refractivity contribution in [2.24, 2.45) is 5.92 Å². The molecule has 4 rings (SSSR count). The van der Waals surface area contributed by atoms with Crippen LogP contribution in [-0.2, 0) is 15.2 Å². The molecule has 4 N–H and O–H groups in total.